The third-order valence-corrected chi connectivity index (χ3v) is 3.95. The molecule has 2 nitrogen and oxygen atoms in total. The van der Waals surface area contributed by atoms with Crippen LogP contribution in [0.25, 0.3) is 0 Å². The first-order valence-electron chi connectivity index (χ1n) is 6.79. The van der Waals surface area contributed by atoms with Crippen molar-refractivity contribution in [3.63, 3.8) is 0 Å². The first kappa shape index (κ1) is 13.9. The lowest BCUT2D eigenvalue weighted by atomic mass is 9.99. The topological polar surface area (TPSA) is 15.3 Å². The van der Waals surface area contributed by atoms with Gasteiger partial charge in [-0.25, -0.2) is 0 Å². The highest BCUT2D eigenvalue weighted by Gasteiger charge is 2.15. The third kappa shape index (κ3) is 3.98. The van der Waals surface area contributed by atoms with Crippen LogP contribution in [-0.2, 0) is 6.54 Å². The maximum Gasteiger partial charge on any atom is 0.0408 e. The van der Waals surface area contributed by atoms with Crippen LogP contribution < -0.4 is 5.32 Å². The van der Waals surface area contributed by atoms with Crippen molar-refractivity contribution in [2.24, 2.45) is 5.92 Å². The fraction of sp³-hybridized carbons (Fsp3) is 0.600. The number of benzene rings is 1. The van der Waals surface area contributed by atoms with Crippen molar-refractivity contribution in [2.75, 3.05) is 26.7 Å². The lowest BCUT2D eigenvalue weighted by Gasteiger charge is -2.28. The van der Waals surface area contributed by atoms with Gasteiger partial charge in [0.05, 0.1) is 0 Å². The van der Waals surface area contributed by atoms with Crippen LogP contribution in [0.1, 0.15) is 24.0 Å². The molecule has 100 valence electrons. The highest BCUT2D eigenvalue weighted by Crippen LogP contribution is 2.18. The molecule has 0 amide bonds. The highest BCUT2D eigenvalue weighted by molar-refractivity contribution is 6.30. The van der Waals surface area contributed by atoms with Gasteiger partial charge < -0.3 is 10.2 Å². The zero-order valence-corrected chi connectivity index (χ0v) is 12.1. The van der Waals surface area contributed by atoms with Crippen molar-refractivity contribution in [3.05, 3.63) is 34.3 Å². The van der Waals surface area contributed by atoms with Gasteiger partial charge >= 0.3 is 0 Å². The smallest absolute Gasteiger partial charge is 0.0408 e. The third-order valence-electron chi connectivity index (χ3n) is 3.71. The van der Waals surface area contributed by atoms with Crippen LogP contribution in [0.2, 0.25) is 5.02 Å². The van der Waals surface area contributed by atoms with Gasteiger partial charge in [0, 0.05) is 18.1 Å². The summed E-state index contributed by atoms with van der Waals surface area (Å²) in [6, 6.07) is 6.18. The minimum atomic E-state index is 0.802. The van der Waals surface area contributed by atoms with Gasteiger partial charge in [0.1, 0.15) is 0 Å². The Morgan fingerprint density at radius 1 is 1.44 bits per heavy atom. The lowest BCUT2D eigenvalue weighted by Crippen LogP contribution is -2.36. The Kier molecular flexibility index (Phi) is 5.04. The van der Waals surface area contributed by atoms with Gasteiger partial charge in [0.15, 0.2) is 0 Å². The number of piperidine rings is 1. The maximum absolute atomic E-state index is 5.99. The van der Waals surface area contributed by atoms with Gasteiger partial charge in [-0.3, -0.25) is 0 Å². The second-order valence-corrected chi connectivity index (χ2v) is 5.92. The summed E-state index contributed by atoms with van der Waals surface area (Å²) in [5, 5.41) is 4.31. The van der Waals surface area contributed by atoms with E-state index in [9.17, 15) is 0 Å². The minimum Gasteiger partial charge on any atom is -0.316 e. The van der Waals surface area contributed by atoms with E-state index in [-0.39, 0.29) is 0 Å². The molecule has 1 N–H and O–H groups in total. The van der Waals surface area contributed by atoms with E-state index >= 15 is 0 Å². The van der Waals surface area contributed by atoms with Crippen molar-refractivity contribution in [1.29, 1.82) is 0 Å². The maximum atomic E-state index is 5.99. The molecule has 1 saturated heterocycles. The number of halogens is 1. The standard InChI is InChI=1S/C15H23ClN2/c1-12-8-15(16)6-5-14(12)11-18(2)10-13-4-3-7-17-9-13/h5-6,8,13,17H,3-4,7,9-11H2,1-2H3. The molecule has 2 rings (SSSR count). The van der Waals surface area contributed by atoms with Gasteiger partial charge in [0.25, 0.3) is 0 Å². The number of aryl methyl sites for hydroxylation is 1. The molecule has 18 heavy (non-hydrogen) atoms. The number of hydrogen-bond donors (Lipinski definition) is 1. The molecule has 0 saturated carbocycles. The summed E-state index contributed by atoms with van der Waals surface area (Å²) >= 11 is 5.99. The Balaban J connectivity index is 1.87. The van der Waals surface area contributed by atoms with Crippen LogP contribution in [0.5, 0.6) is 0 Å². The van der Waals surface area contributed by atoms with E-state index in [1.807, 2.05) is 12.1 Å². The molecule has 1 atom stereocenters. The zero-order valence-electron chi connectivity index (χ0n) is 11.4. The molecule has 0 aromatic heterocycles. The van der Waals surface area contributed by atoms with Gasteiger partial charge in [-0.2, -0.15) is 0 Å². The predicted molar refractivity (Wildman–Crippen MR) is 78.1 cm³/mol. The lowest BCUT2D eigenvalue weighted by molar-refractivity contribution is 0.237. The first-order valence-corrected chi connectivity index (χ1v) is 7.17. The Morgan fingerprint density at radius 3 is 2.94 bits per heavy atom. The van der Waals surface area contributed by atoms with Crippen LogP contribution in [0.4, 0.5) is 0 Å². The van der Waals surface area contributed by atoms with Crippen molar-refractivity contribution in [3.8, 4) is 0 Å². The summed E-state index contributed by atoms with van der Waals surface area (Å²) in [7, 11) is 2.21. The quantitative estimate of drug-likeness (QED) is 0.901. The summed E-state index contributed by atoms with van der Waals surface area (Å²) in [4.78, 5) is 2.42. The summed E-state index contributed by atoms with van der Waals surface area (Å²) in [6.45, 7) is 6.69. The summed E-state index contributed by atoms with van der Waals surface area (Å²) in [6.07, 6.45) is 2.68. The molecule has 0 radical (unpaired) electrons. The SMILES string of the molecule is Cc1cc(Cl)ccc1CN(C)CC1CCCNC1. The molecule has 1 aromatic rings. The van der Waals surface area contributed by atoms with Gasteiger partial charge in [0.2, 0.25) is 0 Å². The molecular weight excluding hydrogens is 244 g/mol. The van der Waals surface area contributed by atoms with Gasteiger partial charge in [-0.15, -0.1) is 0 Å². The molecule has 1 aromatic carbocycles. The second-order valence-electron chi connectivity index (χ2n) is 5.48. The van der Waals surface area contributed by atoms with Crippen LogP contribution in [0.15, 0.2) is 18.2 Å². The fourth-order valence-corrected chi connectivity index (χ4v) is 2.94. The number of nitrogens with zero attached hydrogens (tertiary/aromatic N) is 1. The number of rotatable bonds is 4. The van der Waals surface area contributed by atoms with Crippen molar-refractivity contribution >= 4 is 11.6 Å². The van der Waals surface area contributed by atoms with E-state index in [1.54, 1.807) is 0 Å². The van der Waals surface area contributed by atoms with E-state index < -0.39 is 0 Å². The van der Waals surface area contributed by atoms with Gasteiger partial charge in [-0.1, -0.05) is 17.7 Å². The first-order chi connectivity index (χ1) is 8.65. The molecule has 0 bridgehead atoms. The summed E-state index contributed by atoms with van der Waals surface area (Å²) in [5.74, 6) is 0.802. The van der Waals surface area contributed by atoms with Crippen LogP contribution in [0, 0.1) is 12.8 Å². The zero-order chi connectivity index (χ0) is 13.0. The van der Waals surface area contributed by atoms with Crippen molar-refractivity contribution in [1.82, 2.24) is 10.2 Å². The average Bonchev–Trinajstić information content (AvgIpc) is 2.34. The Hall–Kier alpha value is -0.570. The number of hydrogen-bond acceptors (Lipinski definition) is 2. The van der Waals surface area contributed by atoms with Crippen LogP contribution in [0.3, 0.4) is 0 Å². The molecule has 1 heterocycles. The van der Waals surface area contributed by atoms with E-state index in [1.165, 1.54) is 43.6 Å². The molecular formula is C15H23ClN2. The van der Waals surface area contributed by atoms with Crippen LogP contribution >= 0.6 is 11.6 Å². The molecule has 1 fully saturated rings. The Bertz CT molecular complexity index is 386. The summed E-state index contributed by atoms with van der Waals surface area (Å²) in [5.41, 5.74) is 2.67. The van der Waals surface area contributed by atoms with E-state index in [0.29, 0.717) is 0 Å². The monoisotopic (exact) mass is 266 g/mol. The fourth-order valence-electron chi connectivity index (χ4n) is 2.71. The van der Waals surface area contributed by atoms with Crippen molar-refractivity contribution in [2.45, 2.75) is 26.3 Å². The van der Waals surface area contributed by atoms with Crippen LogP contribution in [-0.4, -0.2) is 31.6 Å². The predicted octanol–water partition coefficient (Wildman–Crippen LogP) is 3.08. The highest BCUT2D eigenvalue weighted by atomic mass is 35.5. The van der Waals surface area contributed by atoms with E-state index in [2.05, 4.69) is 30.3 Å². The molecule has 1 aliphatic rings. The number of nitrogens with one attached hydrogen (secondary N) is 1. The molecule has 0 spiro atoms. The van der Waals surface area contributed by atoms with Gasteiger partial charge in [-0.05, 0) is 69.1 Å². The molecule has 0 aliphatic carbocycles. The minimum absolute atomic E-state index is 0.802. The normalized spacial score (nSPS) is 20.3. The molecule has 1 aliphatic heterocycles. The van der Waals surface area contributed by atoms with E-state index in [0.717, 1.165) is 17.5 Å². The van der Waals surface area contributed by atoms with E-state index in [4.69, 9.17) is 11.6 Å². The average molecular weight is 267 g/mol. The summed E-state index contributed by atoms with van der Waals surface area (Å²) < 4.78 is 0. The molecule has 1 unspecified atom stereocenters. The van der Waals surface area contributed by atoms with Crippen molar-refractivity contribution < 1.29 is 0 Å². The largest absolute Gasteiger partial charge is 0.316 e. The molecule has 3 heteroatoms. The Morgan fingerprint density at radius 2 is 2.28 bits per heavy atom. The Labute approximate surface area is 115 Å². The second kappa shape index (κ2) is 6.55.